The van der Waals surface area contributed by atoms with Crippen molar-refractivity contribution in [3.05, 3.63) is 22.7 Å². The van der Waals surface area contributed by atoms with Gasteiger partial charge in [-0.3, -0.25) is 0 Å². The van der Waals surface area contributed by atoms with Crippen LogP contribution in [0.3, 0.4) is 0 Å². The van der Waals surface area contributed by atoms with Crippen molar-refractivity contribution in [2.24, 2.45) is 0 Å². The second-order valence-corrected chi connectivity index (χ2v) is 8.07. The highest BCUT2D eigenvalue weighted by atomic mass is 35.5. The minimum Gasteiger partial charge on any atom is -0.489 e. The minimum absolute atomic E-state index is 0.0183. The highest BCUT2D eigenvalue weighted by Gasteiger charge is 2.27. The molecule has 1 saturated heterocycles. The first-order valence-electron chi connectivity index (χ1n) is 7.05. The molecule has 0 aromatic heterocycles. The topological polar surface area (TPSA) is 64.6 Å². The van der Waals surface area contributed by atoms with Gasteiger partial charge in [0.15, 0.2) is 21.3 Å². The third-order valence-corrected chi connectivity index (χ3v) is 5.74. The smallest absolute Gasteiger partial charge is 0.179 e. The largest absolute Gasteiger partial charge is 0.489 e. The van der Waals surface area contributed by atoms with E-state index in [4.69, 9.17) is 21.1 Å². The maximum atomic E-state index is 11.4. The molecule has 116 valence electrons. The van der Waals surface area contributed by atoms with E-state index in [1.54, 1.807) is 0 Å². The molecule has 0 aliphatic carbocycles. The molecule has 5 nitrogen and oxygen atoms in total. The van der Waals surface area contributed by atoms with Gasteiger partial charge in [0.25, 0.3) is 0 Å². The van der Waals surface area contributed by atoms with Gasteiger partial charge in [-0.25, -0.2) is 8.42 Å². The number of hydrogen-bond donors (Lipinski definition) is 1. The average Bonchev–Trinajstić information content (AvgIpc) is 2.63. The first kappa shape index (κ1) is 14.9. The molecule has 7 heteroatoms. The van der Waals surface area contributed by atoms with Crippen LogP contribution in [0.5, 0.6) is 11.5 Å². The molecule has 1 unspecified atom stereocenters. The van der Waals surface area contributed by atoms with Crippen molar-refractivity contribution in [2.75, 3.05) is 24.7 Å². The Morgan fingerprint density at radius 1 is 1.29 bits per heavy atom. The Morgan fingerprint density at radius 2 is 2.10 bits per heavy atom. The Bertz CT molecular complexity index is 632. The number of ether oxygens (including phenoxy) is 2. The molecule has 1 fully saturated rings. The fraction of sp³-hybridized carbons (Fsp3) is 0.571. The normalized spacial score (nSPS) is 23.8. The second kappa shape index (κ2) is 6.02. The molecular formula is C14H18ClNO4S. The fourth-order valence-electron chi connectivity index (χ4n) is 2.60. The molecule has 3 rings (SSSR count). The van der Waals surface area contributed by atoms with Crippen molar-refractivity contribution in [1.29, 1.82) is 0 Å². The highest BCUT2D eigenvalue weighted by molar-refractivity contribution is 7.91. The van der Waals surface area contributed by atoms with Crippen molar-refractivity contribution in [2.45, 2.75) is 25.4 Å². The lowest BCUT2D eigenvalue weighted by Crippen LogP contribution is -2.29. The summed E-state index contributed by atoms with van der Waals surface area (Å²) in [7, 11) is -2.86. The fourth-order valence-corrected chi connectivity index (χ4v) is 4.60. The summed E-state index contributed by atoms with van der Waals surface area (Å²) in [5, 5.41) is 3.80. The third kappa shape index (κ3) is 3.62. The molecule has 0 amide bonds. The Balaban J connectivity index is 1.69. The SMILES string of the molecule is O=S1(=O)CCC(NCc2cc(Cl)c3c(c2)OCCCO3)C1. The molecule has 2 aliphatic rings. The van der Waals surface area contributed by atoms with E-state index in [0.29, 0.717) is 42.7 Å². The quantitative estimate of drug-likeness (QED) is 0.914. The van der Waals surface area contributed by atoms with Crippen LogP contribution in [0.1, 0.15) is 18.4 Å². The molecule has 21 heavy (non-hydrogen) atoms. The summed E-state index contributed by atoms with van der Waals surface area (Å²) < 4.78 is 34.1. The van der Waals surface area contributed by atoms with Gasteiger partial charge < -0.3 is 14.8 Å². The number of rotatable bonds is 3. The van der Waals surface area contributed by atoms with E-state index < -0.39 is 9.84 Å². The van der Waals surface area contributed by atoms with Crippen LogP contribution < -0.4 is 14.8 Å². The van der Waals surface area contributed by atoms with E-state index in [-0.39, 0.29) is 17.5 Å². The summed E-state index contributed by atoms with van der Waals surface area (Å²) in [5.74, 6) is 1.75. The van der Waals surface area contributed by atoms with E-state index in [0.717, 1.165) is 12.0 Å². The number of nitrogens with one attached hydrogen (secondary N) is 1. The van der Waals surface area contributed by atoms with E-state index >= 15 is 0 Å². The molecule has 0 radical (unpaired) electrons. The summed E-state index contributed by atoms with van der Waals surface area (Å²) in [6, 6.07) is 3.76. The summed E-state index contributed by atoms with van der Waals surface area (Å²) in [6.07, 6.45) is 1.50. The Hall–Kier alpha value is -0.980. The molecule has 0 spiro atoms. The van der Waals surface area contributed by atoms with E-state index in [1.807, 2.05) is 12.1 Å². The van der Waals surface area contributed by atoms with Gasteiger partial charge in [-0.2, -0.15) is 0 Å². The highest BCUT2D eigenvalue weighted by Crippen LogP contribution is 2.38. The van der Waals surface area contributed by atoms with Crippen molar-refractivity contribution < 1.29 is 17.9 Å². The van der Waals surface area contributed by atoms with Crippen LogP contribution in [-0.2, 0) is 16.4 Å². The van der Waals surface area contributed by atoms with E-state index in [1.165, 1.54) is 0 Å². The van der Waals surface area contributed by atoms with Crippen molar-refractivity contribution in [1.82, 2.24) is 5.32 Å². The molecule has 1 N–H and O–H groups in total. The minimum atomic E-state index is -2.86. The maximum Gasteiger partial charge on any atom is 0.179 e. The zero-order valence-electron chi connectivity index (χ0n) is 11.6. The Kier molecular flexibility index (Phi) is 4.28. The molecular weight excluding hydrogens is 314 g/mol. The van der Waals surface area contributed by atoms with Crippen LogP contribution in [0.25, 0.3) is 0 Å². The number of halogens is 1. The molecule has 0 bridgehead atoms. The summed E-state index contributed by atoms with van der Waals surface area (Å²) in [4.78, 5) is 0. The predicted molar refractivity (Wildman–Crippen MR) is 81.0 cm³/mol. The van der Waals surface area contributed by atoms with Gasteiger partial charge in [-0.05, 0) is 24.1 Å². The monoisotopic (exact) mass is 331 g/mol. The first-order chi connectivity index (χ1) is 10.0. The Labute approximate surface area is 129 Å². The average molecular weight is 332 g/mol. The molecule has 1 aromatic rings. The van der Waals surface area contributed by atoms with Gasteiger partial charge in [-0.1, -0.05) is 11.6 Å². The van der Waals surface area contributed by atoms with Gasteiger partial charge in [0.05, 0.1) is 29.7 Å². The zero-order chi connectivity index (χ0) is 14.9. The maximum absolute atomic E-state index is 11.4. The van der Waals surface area contributed by atoms with Crippen LogP contribution >= 0.6 is 11.6 Å². The van der Waals surface area contributed by atoms with Gasteiger partial charge in [0, 0.05) is 19.0 Å². The molecule has 1 atom stereocenters. The van der Waals surface area contributed by atoms with Gasteiger partial charge in [0.1, 0.15) is 0 Å². The lowest BCUT2D eigenvalue weighted by Gasteiger charge is -2.14. The number of sulfone groups is 1. The van der Waals surface area contributed by atoms with Crippen LogP contribution in [0.15, 0.2) is 12.1 Å². The molecule has 1 aromatic carbocycles. The number of benzene rings is 1. The molecule has 2 heterocycles. The zero-order valence-corrected chi connectivity index (χ0v) is 13.2. The van der Waals surface area contributed by atoms with E-state index in [2.05, 4.69) is 5.32 Å². The van der Waals surface area contributed by atoms with Gasteiger partial charge in [0.2, 0.25) is 0 Å². The Morgan fingerprint density at radius 3 is 2.86 bits per heavy atom. The van der Waals surface area contributed by atoms with Crippen LogP contribution in [0, 0.1) is 0 Å². The standard InChI is InChI=1S/C14H18ClNO4S/c15-12-6-10(7-13-14(12)20-4-1-3-19-13)8-16-11-2-5-21(17,18)9-11/h6-7,11,16H,1-5,8-9H2. The van der Waals surface area contributed by atoms with Gasteiger partial charge in [-0.15, -0.1) is 0 Å². The first-order valence-corrected chi connectivity index (χ1v) is 9.25. The molecule has 0 saturated carbocycles. The number of hydrogen-bond acceptors (Lipinski definition) is 5. The van der Waals surface area contributed by atoms with Crippen molar-refractivity contribution in [3.8, 4) is 11.5 Å². The van der Waals surface area contributed by atoms with E-state index in [9.17, 15) is 8.42 Å². The predicted octanol–water partition coefficient (Wildman–Crippen LogP) is 1.78. The summed E-state index contributed by atoms with van der Waals surface area (Å²) in [6.45, 7) is 1.78. The molecule has 2 aliphatic heterocycles. The third-order valence-electron chi connectivity index (χ3n) is 3.69. The second-order valence-electron chi connectivity index (χ2n) is 5.44. The lowest BCUT2D eigenvalue weighted by atomic mass is 10.1. The van der Waals surface area contributed by atoms with Crippen molar-refractivity contribution >= 4 is 21.4 Å². The lowest BCUT2D eigenvalue weighted by molar-refractivity contribution is 0.297. The summed E-state index contributed by atoms with van der Waals surface area (Å²) >= 11 is 6.23. The van der Waals surface area contributed by atoms with Crippen molar-refractivity contribution in [3.63, 3.8) is 0 Å². The van der Waals surface area contributed by atoms with Crippen LogP contribution in [-0.4, -0.2) is 39.2 Å². The van der Waals surface area contributed by atoms with Crippen LogP contribution in [0.2, 0.25) is 5.02 Å². The van der Waals surface area contributed by atoms with Gasteiger partial charge >= 0.3 is 0 Å². The summed E-state index contributed by atoms with van der Waals surface area (Å²) in [5.41, 5.74) is 0.966. The number of fused-ring (bicyclic) bond motifs is 1. The van der Waals surface area contributed by atoms with Crippen LogP contribution in [0.4, 0.5) is 0 Å².